The molecular weight excluding hydrogens is 1220 g/mol. The molecule has 7 aromatic rings. The van der Waals surface area contributed by atoms with Crippen LogP contribution in [-0.4, -0.2) is 93.6 Å². The standard InChI is InChI=1S/C28H34N4O3.C24H34N4O3.C24H32N4O3/c1-3-20(4-2)27(34)30-22-14-15-26(33)23(16-22)24-17-25(21-12-8-9-13-21)32(31-24)28(35)29-18-19-10-6-5-7-11-19;2*1-4-13-25-24(31)28-21(17-9-7-8-10-17)15-20(27-28)19-14-18(11-12-22(19)29)26-23(30)16(5-2)6-3/h5-7,10-11,14-17,20-21,33H,3-4,8-9,12-13,18H2,1-2H3,(H,29,35)(H,30,34);11-12,14-17,29H,4-10,13H2,1-3H3,(H,25,31)(H,26,30);4,11-12,14-17,29H,1,5-10,13H2,2-3H3,(H,25,31)(H,26,30). The minimum atomic E-state index is -0.314. The van der Waals surface area contributed by atoms with Gasteiger partial charge >= 0.3 is 18.1 Å². The van der Waals surface area contributed by atoms with E-state index in [0.29, 0.717) is 70.5 Å². The predicted octanol–water partition coefficient (Wildman–Crippen LogP) is 16.3. The molecule has 4 aromatic carbocycles. The summed E-state index contributed by atoms with van der Waals surface area (Å²) in [5, 5.41) is 62.8. The Bertz CT molecular complexity index is 3790. The van der Waals surface area contributed by atoms with Crippen molar-refractivity contribution in [3.8, 4) is 51.0 Å². The normalized spacial score (nSPS) is 14.0. The van der Waals surface area contributed by atoms with Crippen LogP contribution >= 0.6 is 0 Å². The van der Waals surface area contributed by atoms with Gasteiger partial charge in [-0.25, -0.2) is 14.4 Å². The molecule has 97 heavy (non-hydrogen) atoms. The average molecular weight is 1330 g/mol. The van der Waals surface area contributed by atoms with Gasteiger partial charge in [-0.3, -0.25) is 14.4 Å². The fraction of sp³-hybridized carbons (Fsp3) is 0.461. The Morgan fingerprint density at radius 1 is 0.454 bits per heavy atom. The molecule has 0 saturated heterocycles. The highest BCUT2D eigenvalue weighted by atomic mass is 16.3. The van der Waals surface area contributed by atoms with Crippen molar-refractivity contribution in [2.75, 3.05) is 29.0 Å². The van der Waals surface area contributed by atoms with E-state index < -0.39 is 0 Å². The van der Waals surface area contributed by atoms with Crippen LogP contribution in [0.5, 0.6) is 17.2 Å². The second-order valence-electron chi connectivity index (χ2n) is 25.6. The lowest BCUT2D eigenvalue weighted by atomic mass is 10.0. The Morgan fingerprint density at radius 3 is 1.08 bits per heavy atom. The Hall–Kier alpha value is -9.53. The Labute approximate surface area is 570 Å². The number of anilines is 3. The third kappa shape index (κ3) is 19.2. The van der Waals surface area contributed by atoms with Crippen LogP contribution in [0.3, 0.4) is 0 Å². The van der Waals surface area contributed by atoms with Crippen molar-refractivity contribution in [1.29, 1.82) is 0 Å². The number of phenolic OH excluding ortho intramolecular Hbond substituents is 3. The zero-order valence-electron chi connectivity index (χ0n) is 57.6. The molecule has 3 aromatic heterocycles. The summed E-state index contributed by atoms with van der Waals surface area (Å²) < 4.78 is 4.31. The van der Waals surface area contributed by atoms with Gasteiger partial charge in [-0.2, -0.15) is 29.3 Å². The zero-order chi connectivity index (χ0) is 69.5. The van der Waals surface area contributed by atoms with Gasteiger partial charge in [-0.05, 0) is 162 Å². The molecule has 3 saturated carbocycles. The molecule has 518 valence electrons. The van der Waals surface area contributed by atoms with Gasteiger partial charge in [-0.1, -0.05) is 123 Å². The highest BCUT2D eigenvalue weighted by Gasteiger charge is 2.30. The first-order chi connectivity index (χ1) is 46.9. The lowest BCUT2D eigenvalue weighted by Gasteiger charge is -2.13. The molecule has 3 aliphatic carbocycles. The van der Waals surface area contributed by atoms with E-state index in [1.165, 1.54) is 14.0 Å². The summed E-state index contributed by atoms with van der Waals surface area (Å²) in [6, 6.07) is 29.4. The van der Waals surface area contributed by atoms with E-state index in [2.05, 4.69) is 53.8 Å². The van der Waals surface area contributed by atoms with E-state index >= 15 is 0 Å². The molecule has 3 heterocycles. The number of nitrogens with one attached hydrogen (secondary N) is 6. The van der Waals surface area contributed by atoms with Crippen molar-refractivity contribution in [3.05, 3.63) is 138 Å². The molecule has 0 radical (unpaired) electrons. The van der Waals surface area contributed by atoms with Gasteiger partial charge in [0.05, 0.1) is 34.2 Å². The smallest absolute Gasteiger partial charge is 0.342 e. The number of carbonyl (C=O) groups is 6. The molecule has 0 spiro atoms. The molecule has 0 aliphatic heterocycles. The first-order valence-electron chi connectivity index (χ1n) is 35.2. The van der Waals surface area contributed by atoms with Crippen LogP contribution < -0.4 is 31.9 Å². The maximum absolute atomic E-state index is 13.1. The van der Waals surface area contributed by atoms with Gasteiger partial charge < -0.3 is 47.2 Å². The predicted molar refractivity (Wildman–Crippen MR) is 382 cm³/mol. The highest BCUT2D eigenvalue weighted by Crippen LogP contribution is 2.42. The van der Waals surface area contributed by atoms with Crippen LogP contribution in [-0.2, 0) is 20.9 Å². The number of aromatic nitrogens is 6. The van der Waals surface area contributed by atoms with E-state index in [1.54, 1.807) is 60.7 Å². The molecule has 10 rings (SSSR count). The maximum Gasteiger partial charge on any atom is 0.342 e. The van der Waals surface area contributed by atoms with Gasteiger partial charge in [0.15, 0.2) is 0 Å². The van der Waals surface area contributed by atoms with Crippen molar-refractivity contribution in [2.45, 2.75) is 195 Å². The molecule has 3 fully saturated rings. The zero-order valence-corrected chi connectivity index (χ0v) is 57.6. The number of benzene rings is 4. The summed E-state index contributed by atoms with van der Waals surface area (Å²) in [4.78, 5) is 76.1. The minimum absolute atomic E-state index is 0.0299. The number of aromatic hydroxyl groups is 3. The van der Waals surface area contributed by atoms with Crippen molar-refractivity contribution >= 4 is 52.9 Å². The fourth-order valence-corrected chi connectivity index (χ4v) is 13.2. The lowest BCUT2D eigenvalue weighted by molar-refractivity contribution is -0.120. The lowest BCUT2D eigenvalue weighted by Crippen LogP contribution is -2.31. The van der Waals surface area contributed by atoms with Crippen molar-refractivity contribution in [2.24, 2.45) is 17.8 Å². The number of carbonyl (C=O) groups excluding carboxylic acids is 6. The van der Waals surface area contributed by atoms with Gasteiger partial charge in [0.2, 0.25) is 17.7 Å². The highest BCUT2D eigenvalue weighted by molar-refractivity contribution is 5.95. The van der Waals surface area contributed by atoms with Gasteiger partial charge in [-0.15, -0.1) is 6.58 Å². The molecule has 0 unspecified atom stereocenters. The Balaban J connectivity index is 0.000000186. The molecule has 9 N–H and O–H groups in total. The largest absolute Gasteiger partial charge is 0.507 e. The van der Waals surface area contributed by atoms with Gasteiger partial charge in [0.1, 0.15) is 17.2 Å². The monoisotopic (exact) mass is 1320 g/mol. The third-order valence-electron chi connectivity index (χ3n) is 19.0. The van der Waals surface area contributed by atoms with E-state index in [1.807, 2.05) is 97.0 Å². The van der Waals surface area contributed by atoms with Crippen LogP contribution in [0.15, 0.2) is 116 Å². The van der Waals surface area contributed by atoms with Crippen LogP contribution in [0.25, 0.3) is 33.8 Å². The SMILES string of the molecule is C=CCNC(=O)n1nc(-c2cc(NC(=O)C(CC)CC)ccc2O)cc1C1CCCC1.CCC(CC)C(=O)Nc1ccc(O)c(-c2cc(C3CCCC3)n(C(=O)NCc3ccccc3)n2)c1.CCCNC(=O)n1nc(-c2cc(NC(=O)C(CC)CC)ccc2O)cc1C1CCCC1. The summed E-state index contributed by atoms with van der Waals surface area (Å²) in [6.07, 6.45) is 20.0. The van der Waals surface area contributed by atoms with Crippen LogP contribution in [0.4, 0.5) is 31.4 Å². The molecule has 3 aliphatic rings. The molecule has 21 nitrogen and oxygen atoms in total. The number of nitrogens with zero attached hydrogens (tertiary/aromatic N) is 6. The number of phenols is 3. The summed E-state index contributed by atoms with van der Waals surface area (Å²) >= 11 is 0. The number of hydrogen-bond donors (Lipinski definition) is 9. The van der Waals surface area contributed by atoms with Crippen molar-refractivity contribution in [1.82, 2.24) is 45.3 Å². The van der Waals surface area contributed by atoms with E-state index in [4.69, 9.17) is 0 Å². The summed E-state index contributed by atoms with van der Waals surface area (Å²) in [5.41, 5.74) is 8.42. The number of amides is 6. The minimum Gasteiger partial charge on any atom is -0.507 e. The Kier molecular flexibility index (Phi) is 27.2. The van der Waals surface area contributed by atoms with Crippen molar-refractivity contribution < 1.29 is 44.1 Å². The number of rotatable bonds is 24. The molecule has 6 amide bonds. The maximum atomic E-state index is 13.1. The second-order valence-corrected chi connectivity index (χ2v) is 25.6. The van der Waals surface area contributed by atoms with Crippen LogP contribution in [0.2, 0.25) is 0 Å². The third-order valence-corrected chi connectivity index (χ3v) is 19.0. The second kappa shape index (κ2) is 36.0. The van der Waals surface area contributed by atoms with Crippen molar-refractivity contribution in [3.63, 3.8) is 0 Å². The van der Waals surface area contributed by atoms with E-state index in [9.17, 15) is 44.1 Å². The molecule has 21 heteroatoms. The molecule has 0 atom stereocenters. The van der Waals surface area contributed by atoms with Crippen LogP contribution in [0.1, 0.15) is 211 Å². The summed E-state index contributed by atoms with van der Waals surface area (Å²) in [7, 11) is 0. The fourth-order valence-electron chi connectivity index (χ4n) is 13.2. The van der Waals surface area contributed by atoms with Gasteiger partial charge in [0.25, 0.3) is 0 Å². The molecular formula is C76H100N12O9. The molecule has 0 bridgehead atoms. The Morgan fingerprint density at radius 2 is 0.773 bits per heavy atom. The van der Waals surface area contributed by atoms with Gasteiger partial charge in [0, 0.05) is 88.9 Å². The van der Waals surface area contributed by atoms with E-state index in [-0.39, 0.29) is 88.6 Å². The quantitative estimate of drug-likeness (QED) is 0.0202. The average Bonchev–Trinajstić information content (AvgIpc) is 1.81. The summed E-state index contributed by atoms with van der Waals surface area (Å²) in [6.45, 7) is 18.9. The first kappa shape index (κ1) is 73.3. The number of hydrogen-bond acceptors (Lipinski definition) is 12. The van der Waals surface area contributed by atoms with Crippen LogP contribution in [0, 0.1) is 17.8 Å². The van der Waals surface area contributed by atoms with E-state index in [0.717, 1.165) is 145 Å². The summed E-state index contributed by atoms with van der Waals surface area (Å²) in [5.74, 6) is 0.692. The topological polar surface area (TPSA) is 289 Å². The first-order valence-corrected chi connectivity index (χ1v) is 35.2.